The summed E-state index contributed by atoms with van der Waals surface area (Å²) in [4.78, 5) is 0. The van der Waals surface area contributed by atoms with E-state index in [2.05, 4.69) is 10.2 Å². The summed E-state index contributed by atoms with van der Waals surface area (Å²) < 4.78 is 5.34. The van der Waals surface area contributed by atoms with Crippen molar-refractivity contribution in [3.05, 3.63) is 21.4 Å². The molecule has 0 spiro atoms. The molecular weight excluding hydrogens is 223 g/mol. The van der Waals surface area contributed by atoms with Crippen molar-refractivity contribution in [2.24, 2.45) is 0 Å². The van der Waals surface area contributed by atoms with E-state index in [4.69, 9.17) is 27.9 Å². The van der Waals surface area contributed by atoms with Crippen molar-refractivity contribution in [2.75, 3.05) is 7.11 Å². The van der Waals surface area contributed by atoms with Gasteiger partial charge in [-0.25, -0.2) is 0 Å². The Bertz CT molecular complexity index is 357. The lowest BCUT2D eigenvalue weighted by Crippen LogP contribution is -2.14. The summed E-state index contributed by atoms with van der Waals surface area (Å²) in [6.07, 6.45) is 2.93. The van der Waals surface area contributed by atoms with E-state index in [-0.39, 0.29) is 6.10 Å². The van der Waals surface area contributed by atoms with E-state index < -0.39 is 0 Å². The number of hydrogen-bond acceptors (Lipinski definition) is 3. The van der Waals surface area contributed by atoms with Gasteiger partial charge in [0.1, 0.15) is 0 Å². The second kappa shape index (κ2) is 4.01. The Hall–Kier alpha value is -0.380. The average molecular weight is 233 g/mol. The van der Waals surface area contributed by atoms with E-state index in [1.54, 1.807) is 7.11 Å². The highest BCUT2D eigenvalue weighted by Crippen LogP contribution is 2.37. The lowest BCUT2D eigenvalue weighted by molar-refractivity contribution is 0.0876. The van der Waals surface area contributed by atoms with Gasteiger partial charge < -0.3 is 4.74 Å². The highest BCUT2D eigenvalue weighted by Gasteiger charge is 2.26. The highest BCUT2D eigenvalue weighted by molar-refractivity contribution is 6.32. The first kappa shape index (κ1) is 10.1. The molecule has 0 saturated heterocycles. The zero-order valence-electron chi connectivity index (χ0n) is 7.76. The van der Waals surface area contributed by atoms with E-state index in [9.17, 15) is 0 Å². The van der Waals surface area contributed by atoms with Crippen LogP contribution in [0.15, 0.2) is 0 Å². The molecule has 0 radical (unpaired) electrons. The quantitative estimate of drug-likeness (QED) is 0.748. The smallest absolute Gasteiger partial charge is 0.157 e. The van der Waals surface area contributed by atoms with Gasteiger partial charge in [0.2, 0.25) is 0 Å². The maximum absolute atomic E-state index is 5.98. The Kier molecular flexibility index (Phi) is 2.91. The minimum absolute atomic E-state index is 0.0132. The molecule has 76 valence electrons. The molecule has 1 aromatic rings. The molecule has 14 heavy (non-hydrogen) atoms. The van der Waals surface area contributed by atoms with Gasteiger partial charge in [0.05, 0.1) is 6.10 Å². The fraction of sp³-hybridized carbons (Fsp3) is 0.556. The van der Waals surface area contributed by atoms with Crippen LogP contribution in [0.4, 0.5) is 0 Å². The molecule has 0 N–H and O–H groups in total. The molecule has 1 heterocycles. The first-order chi connectivity index (χ1) is 6.74. The van der Waals surface area contributed by atoms with Crippen LogP contribution in [-0.2, 0) is 11.2 Å². The molecular formula is C9H10Cl2N2O. The third-order valence-corrected chi connectivity index (χ3v) is 3.10. The molecule has 3 nitrogen and oxygen atoms in total. The van der Waals surface area contributed by atoms with Gasteiger partial charge in [-0.2, -0.15) is 0 Å². The van der Waals surface area contributed by atoms with Gasteiger partial charge in [-0.15, -0.1) is 10.2 Å². The second-order valence-corrected chi connectivity index (χ2v) is 4.01. The molecule has 2 rings (SSSR count). The van der Waals surface area contributed by atoms with Gasteiger partial charge in [0.15, 0.2) is 10.3 Å². The van der Waals surface area contributed by atoms with Crippen LogP contribution in [0.2, 0.25) is 10.3 Å². The van der Waals surface area contributed by atoms with Crippen molar-refractivity contribution >= 4 is 23.2 Å². The van der Waals surface area contributed by atoms with Crippen LogP contribution >= 0.6 is 23.2 Å². The van der Waals surface area contributed by atoms with Crippen LogP contribution in [0, 0.1) is 0 Å². The molecule has 0 aliphatic heterocycles. The van der Waals surface area contributed by atoms with Gasteiger partial charge in [-0.1, -0.05) is 23.2 Å². The Balaban J connectivity index is 2.55. The zero-order chi connectivity index (χ0) is 10.1. The monoisotopic (exact) mass is 232 g/mol. The van der Waals surface area contributed by atoms with Crippen LogP contribution in [0.5, 0.6) is 0 Å². The maximum Gasteiger partial charge on any atom is 0.157 e. The first-order valence-corrected chi connectivity index (χ1v) is 5.23. The summed E-state index contributed by atoms with van der Waals surface area (Å²) in [6.45, 7) is 0. The minimum Gasteiger partial charge on any atom is -0.377 e. The lowest BCUT2D eigenvalue weighted by atomic mass is 9.92. The largest absolute Gasteiger partial charge is 0.377 e. The lowest BCUT2D eigenvalue weighted by Gasteiger charge is -2.24. The Morgan fingerprint density at radius 2 is 2.00 bits per heavy atom. The summed E-state index contributed by atoms with van der Waals surface area (Å²) >= 11 is 11.9. The maximum atomic E-state index is 5.98. The third kappa shape index (κ3) is 1.60. The summed E-state index contributed by atoms with van der Waals surface area (Å²) in [5, 5.41) is 8.45. The number of nitrogens with zero attached hydrogens (tertiary/aromatic N) is 2. The van der Waals surface area contributed by atoms with Gasteiger partial charge in [0, 0.05) is 18.2 Å². The van der Waals surface area contributed by atoms with Crippen molar-refractivity contribution in [1.82, 2.24) is 10.2 Å². The van der Waals surface area contributed by atoms with E-state index in [0.717, 1.165) is 30.4 Å². The highest BCUT2D eigenvalue weighted by atomic mass is 35.5. The topological polar surface area (TPSA) is 35.0 Å². The summed E-state index contributed by atoms with van der Waals surface area (Å²) in [6, 6.07) is 0. The predicted octanol–water partition coefficient (Wildman–Crippen LogP) is 2.81. The Labute approximate surface area is 92.4 Å². The van der Waals surface area contributed by atoms with E-state index in [1.807, 2.05) is 0 Å². The van der Waals surface area contributed by atoms with Crippen molar-refractivity contribution in [3.63, 3.8) is 0 Å². The number of rotatable bonds is 1. The fourth-order valence-electron chi connectivity index (χ4n) is 1.85. The predicted molar refractivity (Wildman–Crippen MR) is 54.7 cm³/mol. The molecule has 1 unspecified atom stereocenters. The van der Waals surface area contributed by atoms with Gasteiger partial charge >= 0.3 is 0 Å². The summed E-state index contributed by atoms with van der Waals surface area (Å²) in [5.74, 6) is 0. The molecule has 5 heteroatoms. The van der Waals surface area contributed by atoms with Crippen LogP contribution in [0.3, 0.4) is 0 Å². The van der Waals surface area contributed by atoms with Crippen LogP contribution in [0.1, 0.15) is 30.1 Å². The molecule has 0 bridgehead atoms. The van der Waals surface area contributed by atoms with E-state index in [0.29, 0.717) is 10.3 Å². The van der Waals surface area contributed by atoms with Gasteiger partial charge in [-0.05, 0) is 19.3 Å². The van der Waals surface area contributed by atoms with Gasteiger partial charge in [0.25, 0.3) is 0 Å². The Morgan fingerprint density at radius 1 is 1.29 bits per heavy atom. The molecule has 0 aromatic carbocycles. The minimum atomic E-state index is 0.0132. The summed E-state index contributed by atoms with van der Waals surface area (Å²) in [7, 11) is 1.67. The average Bonchev–Trinajstić information content (AvgIpc) is 2.23. The zero-order valence-corrected chi connectivity index (χ0v) is 9.27. The van der Waals surface area contributed by atoms with Crippen molar-refractivity contribution < 1.29 is 4.74 Å². The second-order valence-electron chi connectivity index (χ2n) is 3.29. The standard InChI is InChI=1S/C9H10Cl2N2O/c1-14-6-4-2-3-5-7(6)9(11)13-12-8(5)10/h6H,2-4H2,1H3. The molecule has 0 saturated carbocycles. The summed E-state index contributed by atoms with van der Waals surface area (Å²) in [5.41, 5.74) is 1.91. The molecule has 1 aromatic heterocycles. The SMILES string of the molecule is COC1CCCc2c(Cl)nnc(Cl)c21. The first-order valence-electron chi connectivity index (χ1n) is 4.47. The van der Waals surface area contributed by atoms with Crippen LogP contribution in [0.25, 0.3) is 0 Å². The van der Waals surface area contributed by atoms with Crippen molar-refractivity contribution in [1.29, 1.82) is 0 Å². The molecule has 1 atom stereocenters. The molecule has 0 amide bonds. The number of ether oxygens (including phenoxy) is 1. The molecule has 1 aliphatic rings. The van der Waals surface area contributed by atoms with E-state index in [1.165, 1.54) is 0 Å². The number of hydrogen-bond donors (Lipinski definition) is 0. The normalized spacial score (nSPS) is 20.6. The van der Waals surface area contributed by atoms with Gasteiger partial charge in [-0.3, -0.25) is 0 Å². The number of halogens is 2. The van der Waals surface area contributed by atoms with Crippen molar-refractivity contribution in [3.8, 4) is 0 Å². The third-order valence-electron chi connectivity index (χ3n) is 2.52. The molecule has 1 aliphatic carbocycles. The number of aromatic nitrogens is 2. The van der Waals surface area contributed by atoms with Crippen molar-refractivity contribution in [2.45, 2.75) is 25.4 Å². The number of methoxy groups -OCH3 is 1. The number of fused-ring (bicyclic) bond motifs is 1. The molecule has 0 fully saturated rings. The van der Waals surface area contributed by atoms with Crippen LogP contribution < -0.4 is 0 Å². The van der Waals surface area contributed by atoms with E-state index >= 15 is 0 Å². The van der Waals surface area contributed by atoms with Crippen LogP contribution in [-0.4, -0.2) is 17.3 Å². The fourth-order valence-corrected chi connectivity index (χ4v) is 2.35. The Morgan fingerprint density at radius 3 is 2.71 bits per heavy atom.